The molecule has 0 aliphatic heterocycles. The molecule has 0 spiro atoms. The predicted octanol–water partition coefficient (Wildman–Crippen LogP) is 4.44. The van der Waals surface area contributed by atoms with Gasteiger partial charge in [0, 0.05) is 22.8 Å². The van der Waals surface area contributed by atoms with Crippen LogP contribution in [0.3, 0.4) is 0 Å². The predicted molar refractivity (Wildman–Crippen MR) is 99.9 cm³/mol. The first-order valence-electron chi connectivity index (χ1n) is 7.92. The standard InChI is InChI=1S/C19H16ClFN4O/c1-12-14(20)6-4-8-16(12)23-19(26)17-9-10-18(25-24-17)22-11-13-5-2-3-7-15(13)21/h2-10H,11H2,1H3,(H,22,25)(H,23,26). The van der Waals surface area contributed by atoms with E-state index in [1.807, 2.05) is 6.92 Å². The topological polar surface area (TPSA) is 66.9 Å². The number of nitrogens with one attached hydrogen (secondary N) is 2. The van der Waals surface area contributed by atoms with Gasteiger partial charge in [-0.25, -0.2) is 4.39 Å². The molecule has 0 aliphatic carbocycles. The lowest BCUT2D eigenvalue weighted by Gasteiger charge is -2.09. The summed E-state index contributed by atoms with van der Waals surface area (Å²) in [5.41, 5.74) is 2.08. The highest BCUT2D eigenvalue weighted by Gasteiger charge is 2.11. The molecule has 2 N–H and O–H groups in total. The highest BCUT2D eigenvalue weighted by atomic mass is 35.5. The maximum Gasteiger partial charge on any atom is 0.276 e. The van der Waals surface area contributed by atoms with Gasteiger partial charge < -0.3 is 10.6 Å². The van der Waals surface area contributed by atoms with Gasteiger partial charge in [0.05, 0.1) is 0 Å². The van der Waals surface area contributed by atoms with Crippen molar-refractivity contribution < 1.29 is 9.18 Å². The van der Waals surface area contributed by atoms with Gasteiger partial charge >= 0.3 is 0 Å². The SMILES string of the molecule is Cc1c(Cl)cccc1NC(=O)c1ccc(NCc2ccccc2F)nn1. The van der Waals surface area contributed by atoms with E-state index in [-0.39, 0.29) is 24.0 Å². The Morgan fingerprint density at radius 1 is 1.08 bits per heavy atom. The molecule has 5 nitrogen and oxygen atoms in total. The average Bonchev–Trinajstić information content (AvgIpc) is 2.65. The highest BCUT2D eigenvalue weighted by Crippen LogP contribution is 2.23. The summed E-state index contributed by atoms with van der Waals surface area (Å²) >= 11 is 6.05. The van der Waals surface area contributed by atoms with Crippen molar-refractivity contribution in [3.8, 4) is 0 Å². The molecule has 1 aromatic heterocycles. The molecule has 0 radical (unpaired) electrons. The molecule has 3 rings (SSSR count). The number of benzene rings is 2. The van der Waals surface area contributed by atoms with Gasteiger partial charge in [0.1, 0.15) is 11.6 Å². The Morgan fingerprint density at radius 3 is 2.62 bits per heavy atom. The summed E-state index contributed by atoms with van der Waals surface area (Å²) in [4.78, 5) is 12.3. The van der Waals surface area contributed by atoms with Crippen molar-refractivity contribution in [2.75, 3.05) is 10.6 Å². The summed E-state index contributed by atoms with van der Waals surface area (Å²) in [5.74, 6) is -0.229. The molecule has 1 heterocycles. The largest absolute Gasteiger partial charge is 0.364 e. The Kier molecular flexibility index (Phi) is 5.43. The van der Waals surface area contributed by atoms with E-state index in [1.165, 1.54) is 6.07 Å². The Morgan fingerprint density at radius 2 is 1.88 bits per heavy atom. The molecule has 0 aliphatic rings. The van der Waals surface area contributed by atoms with Crippen molar-refractivity contribution in [2.45, 2.75) is 13.5 Å². The summed E-state index contributed by atoms with van der Waals surface area (Å²) in [6.07, 6.45) is 0. The maximum atomic E-state index is 13.6. The number of amides is 1. The van der Waals surface area contributed by atoms with Crippen molar-refractivity contribution in [3.05, 3.63) is 82.3 Å². The molecule has 26 heavy (non-hydrogen) atoms. The number of hydrogen-bond donors (Lipinski definition) is 2. The lowest BCUT2D eigenvalue weighted by Crippen LogP contribution is -2.15. The van der Waals surface area contributed by atoms with Crippen LogP contribution in [-0.2, 0) is 6.54 Å². The minimum Gasteiger partial charge on any atom is -0.364 e. The molecule has 1 amide bonds. The van der Waals surface area contributed by atoms with E-state index in [0.29, 0.717) is 22.1 Å². The monoisotopic (exact) mass is 370 g/mol. The summed E-state index contributed by atoms with van der Waals surface area (Å²) in [6.45, 7) is 2.09. The zero-order valence-corrected chi connectivity index (χ0v) is 14.7. The number of nitrogens with zero attached hydrogens (tertiary/aromatic N) is 2. The van der Waals surface area contributed by atoms with Crippen LogP contribution in [0.5, 0.6) is 0 Å². The number of hydrogen-bond acceptors (Lipinski definition) is 4. The van der Waals surface area contributed by atoms with Gasteiger partial charge in [-0.3, -0.25) is 4.79 Å². The van der Waals surface area contributed by atoms with Crippen LogP contribution in [0.4, 0.5) is 15.9 Å². The Hall–Kier alpha value is -2.99. The number of rotatable bonds is 5. The van der Waals surface area contributed by atoms with Gasteiger partial charge in [0.2, 0.25) is 0 Å². The van der Waals surface area contributed by atoms with Crippen molar-refractivity contribution in [1.29, 1.82) is 0 Å². The zero-order valence-electron chi connectivity index (χ0n) is 14.0. The summed E-state index contributed by atoms with van der Waals surface area (Å²) in [7, 11) is 0. The fraction of sp³-hybridized carbons (Fsp3) is 0.105. The number of aromatic nitrogens is 2. The molecular weight excluding hydrogens is 355 g/mol. The third kappa shape index (κ3) is 4.15. The Bertz CT molecular complexity index is 931. The number of anilines is 2. The molecule has 132 valence electrons. The second kappa shape index (κ2) is 7.93. The second-order valence-corrected chi connectivity index (χ2v) is 6.02. The smallest absolute Gasteiger partial charge is 0.276 e. The van der Waals surface area contributed by atoms with Crippen LogP contribution in [0.1, 0.15) is 21.6 Å². The van der Waals surface area contributed by atoms with E-state index < -0.39 is 0 Å². The van der Waals surface area contributed by atoms with Gasteiger partial charge in [-0.1, -0.05) is 35.9 Å². The second-order valence-electron chi connectivity index (χ2n) is 5.62. The molecule has 0 unspecified atom stereocenters. The first-order chi connectivity index (χ1) is 12.5. The van der Waals surface area contributed by atoms with Crippen molar-refractivity contribution in [1.82, 2.24) is 10.2 Å². The van der Waals surface area contributed by atoms with E-state index in [0.717, 1.165) is 5.56 Å². The maximum absolute atomic E-state index is 13.6. The van der Waals surface area contributed by atoms with Crippen molar-refractivity contribution >= 4 is 29.0 Å². The van der Waals surface area contributed by atoms with E-state index in [9.17, 15) is 9.18 Å². The first-order valence-corrected chi connectivity index (χ1v) is 8.30. The Balaban J connectivity index is 1.64. The lowest BCUT2D eigenvalue weighted by molar-refractivity contribution is 0.102. The van der Waals surface area contributed by atoms with Gasteiger partial charge in [0.15, 0.2) is 5.69 Å². The summed E-state index contributed by atoms with van der Waals surface area (Å²) in [5, 5.41) is 14.2. The van der Waals surface area contributed by atoms with E-state index in [4.69, 9.17) is 11.6 Å². The number of carbonyl (C=O) groups excluding carboxylic acids is 1. The molecule has 0 atom stereocenters. The van der Waals surface area contributed by atoms with Crippen LogP contribution < -0.4 is 10.6 Å². The van der Waals surface area contributed by atoms with Gasteiger partial charge in [-0.05, 0) is 42.8 Å². The summed E-state index contributed by atoms with van der Waals surface area (Å²) < 4.78 is 13.6. The van der Waals surface area contributed by atoms with E-state index in [2.05, 4.69) is 20.8 Å². The molecular formula is C19H16ClFN4O. The third-order valence-corrected chi connectivity index (χ3v) is 4.24. The molecule has 0 bridgehead atoms. The van der Waals surface area contributed by atoms with Gasteiger partial charge in [-0.15, -0.1) is 10.2 Å². The molecule has 2 aromatic carbocycles. The minimum absolute atomic E-state index is 0.167. The molecule has 7 heteroatoms. The third-order valence-electron chi connectivity index (χ3n) is 3.83. The van der Waals surface area contributed by atoms with Crippen LogP contribution in [0.2, 0.25) is 5.02 Å². The molecule has 0 saturated heterocycles. The van der Waals surface area contributed by atoms with Crippen LogP contribution in [0, 0.1) is 12.7 Å². The Labute approximate surface area is 155 Å². The van der Waals surface area contributed by atoms with Crippen molar-refractivity contribution in [2.24, 2.45) is 0 Å². The van der Waals surface area contributed by atoms with Gasteiger partial charge in [0.25, 0.3) is 5.91 Å². The quantitative estimate of drug-likeness (QED) is 0.696. The number of carbonyl (C=O) groups is 1. The van der Waals surface area contributed by atoms with Crippen molar-refractivity contribution in [3.63, 3.8) is 0 Å². The fourth-order valence-electron chi connectivity index (χ4n) is 2.30. The molecule has 0 fully saturated rings. The first kappa shape index (κ1) is 17.8. The lowest BCUT2D eigenvalue weighted by atomic mass is 10.2. The minimum atomic E-state index is -0.386. The fourth-order valence-corrected chi connectivity index (χ4v) is 2.48. The molecule has 3 aromatic rings. The normalized spacial score (nSPS) is 10.4. The van der Waals surface area contributed by atoms with Gasteiger partial charge in [-0.2, -0.15) is 0 Å². The summed E-state index contributed by atoms with van der Waals surface area (Å²) in [6, 6.07) is 14.9. The van der Waals surface area contributed by atoms with Crippen LogP contribution in [0.25, 0.3) is 0 Å². The average molecular weight is 371 g/mol. The van der Waals surface area contributed by atoms with E-state index in [1.54, 1.807) is 48.5 Å². The van der Waals surface area contributed by atoms with Crippen LogP contribution >= 0.6 is 11.6 Å². The zero-order chi connectivity index (χ0) is 18.5. The highest BCUT2D eigenvalue weighted by molar-refractivity contribution is 6.31. The number of halogens is 2. The molecule has 0 saturated carbocycles. The van der Waals surface area contributed by atoms with Crippen LogP contribution in [-0.4, -0.2) is 16.1 Å². The van der Waals surface area contributed by atoms with E-state index >= 15 is 0 Å². The van der Waals surface area contributed by atoms with Crippen LogP contribution in [0.15, 0.2) is 54.6 Å².